The summed E-state index contributed by atoms with van der Waals surface area (Å²) in [6.45, 7) is 4.94. The van der Waals surface area contributed by atoms with Crippen molar-refractivity contribution in [3.05, 3.63) is 84.4 Å². The first-order valence-electron chi connectivity index (χ1n) is 10.9. The number of nitrogens with one attached hydrogen (secondary N) is 2. The van der Waals surface area contributed by atoms with Crippen LogP contribution in [0.5, 0.6) is 0 Å². The molecule has 1 amide bonds. The van der Waals surface area contributed by atoms with Crippen LogP contribution in [-0.2, 0) is 30.8 Å². The van der Waals surface area contributed by atoms with Gasteiger partial charge >= 0.3 is 5.97 Å². The van der Waals surface area contributed by atoms with Gasteiger partial charge in [-0.1, -0.05) is 54.6 Å². The standard InChI is InChI=1S/C26H28N2O5S/c1-18(2)28-34(31,32)24-15-13-23(14-16-24)27-26(30)19(3)33-25(29)17-20-9-11-22(12-10-20)21-7-5-4-6-8-21/h4-16,18-19,28H,17H2,1-3H3,(H,27,30). The second-order valence-electron chi connectivity index (χ2n) is 8.16. The van der Waals surface area contributed by atoms with E-state index in [4.69, 9.17) is 4.74 Å². The molecular formula is C26H28N2O5S. The predicted molar refractivity (Wildman–Crippen MR) is 132 cm³/mol. The van der Waals surface area contributed by atoms with Crippen LogP contribution in [0.4, 0.5) is 5.69 Å². The van der Waals surface area contributed by atoms with Gasteiger partial charge in [0.2, 0.25) is 10.0 Å². The summed E-state index contributed by atoms with van der Waals surface area (Å²) in [5.41, 5.74) is 3.31. The number of sulfonamides is 1. The highest BCUT2D eigenvalue weighted by molar-refractivity contribution is 7.89. The lowest BCUT2D eigenvalue weighted by Crippen LogP contribution is -2.31. The van der Waals surface area contributed by atoms with Crippen LogP contribution < -0.4 is 10.0 Å². The number of carbonyl (C=O) groups is 2. The molecule has 0 aliphatic rings. The van der Waals surface area contributed by atoms with Gasteiger partial charge in [0, 0.05) is 11.7 Å². The lowest BCUT2D eigenvalue weighted by molar-refractivity contribution is -0.152. The van der Waals surface area contributed by atoms with Crippen LogP contribution in [0.1, 0.15) is 26.3 Å². The molecule has 34 heavy (non-hydrogen) atoms. The van der Waals surface area contributed by atoms with E-state index in [2.05, 4.69) is 10.0 Å². The van der Waals surface area contributed by atoms with Gasteiger partial charge in [0.15, 0.2) is 6.10 Å². The predicted octanol–water partition coefficient (Wildman–Crippen LogP) is 4.15. The van der Waals surface area contributed by atoms with Crippen LogP contribution in [-0.4, -0.2) is 32.4 Å². The topological polar surface area (TPSA) is 102 Å². The Morgan fingerprint density at radius 2 is 1.41 bits per heavy atom. The van der Waals surface area contributed by atoms with Gasteiger partial charge < -0.3 is 10.1 Å². The first kappa shape index (κ1) is 25.1. The molecule has 0 saturated carbocycles. The van der Waals surface area contributed by atoms with E-state index in [1.54, 1.807) is 13.8 Å². The Morgan fingerprint density at radius 3 is 2.00 bits per heavy atom. The number of hydrogen-bond acceptors (Lipinski definition) is 5. The van der Waals surface area contributed by atoms with Crippen LogP contribution in [0, 0.1) is 0 Å². The van der Waals surface area contributed by atoms with E-state index < -0.39 is 28.0 Å². The number of esters is 1. The van der Waals surface area contributed by atoms with Gasteiger partial charge in [-0.05, 0) is 61.7 Å². The molecule has 0 heterocycles. The number of hydrogen-bond donors (Lipinski definition) is 2. The van der Waals surface area contributed by atoms with Crippen LogP contribution in [0.25, 0.3) is 11.1 Å². The highest BCUT2D eigenvalue weighted by Gasteiger charge is 2.19. The summed E-state index contributed by atoms with van der Waals surface area (Å²) in [6.07, 6.45) is -0.968. The van der Waals surface area contributed by atoms with Crippen molar-refractivity contribution < 1.29 is 22.7 Å². The van der Waals surface area contributed by atoms with Gasteiger partial charge in [0.05, 0.1) is 11.3 Å². The third-order valence-electron chi connectivity index (χ3n) is 4.91. The molecule has 1 unspecified atom stereocenters. The fourth-order valence-corrected chi connectivity index (χ4v) is 4.50. The highest BCUT2D eigenvalue weighted by atomic mass is 32.2. The Bertz CT molecular complexity index is 1220. The minimum absolute atomic E-state index is 0.0437. The number of rotatable bonds is 9. The van der Waals surface area contributed by atoms with Crippen LogP contribution >= 0.6 is 0 Å². The fourth-order valence-electron chi connectivity index (χ4n) is 3.24. The van der Waals surface area contributed by atoms with E-state index in [0.717, 1.165) is 16.7 Å². The largest absolute Gasteiger partial charge is 0.452 e. The van der Waals surface area contributed by atoms with Gasteiger partial charge in [0.1, 0.15) is 0 Å². The maximum absolute atomic E-state index is 12.4. The molecule has 0 aromatic heterocycles. The van der Waals surface area contributed by atoms with Gasteiger partial charge in [0.25, 0.3) is 5.91 Å². The fraction of sp³-hybridized carbons (Fsp3) is 0.231. The zero-order valence-electron chi connectivity index (χ0n) is 19.3. The zero-order chi connectivity index (χ0) is 24.7. The summed E-state index contributed by atoms with van der Waals surface area (Å²) in [7, 11) is -3.62. The molecule has 7 nitrogen and oxygen atoms in total. The van der Waals surface area contributed by atoms with Gasteiger partial charge in [-0.2, -0.15) is 0 Å². The molecule has 0 bridgehead atoms. The Kier molecular flexibility index (Phi) is 8.20. The Hall–Kier alpha value is -3.49. The SMILES string of the molecule is CC(C)NS(=O)(=O)c1ccc(NC(=O)C(C)OC(=O)Cc2ccc(-c3ccccc3)cc2)cc1. The summed E-state index contributed by atoms with van der Waals surface area (Å²) in [5, 5.41) is 2.62. The third-order valence-corrected chi connectivity index (χ3v) is 6.58. The molecule has 2 N–H and O–H groups in total. The third kappa shape index (κ3) is 7.00. The summed E-state index contributed by atoms with van der Waals surface area (Å²) in [4.78, 5) is 24.8. The molecule has 8 heteroatoms. The maximum Gasteiger partial charge on any atom is 0.311 e. The molecule has 1 atom stereocenters. The molecular weight excluding hydrogens is 452 g/mol. The monoisotopic (exact) mass is 480 g/mol. The van der Waals surface area contributed by atoms with Crippen molar-refractivity contribution in [2.24, 2.45) is 0 Å². The molecule has 3 rings (SSSR count). The van der Waals surface area contributed by atoms with Crippen molar-refractivity contribution in [1.29, 1.82) is 0 Å². The van der Waals surface area contributed by atoms with Crippen molar-refractivity contribution in [3.8, 4) is 11.1 Å². The minimum Gasteiger partial charge on any atom is -0.452 e. The summed E-state index contributed by atoms with van der Waals surface area (Å²) in [6, 6.07) is 23.0. The molecule has 3 aromatic carbocycles. The van der Waals surface area contributed by atoms with Crippen LogP contribution in [0.2, 0.25) is 0 Å². The van der Waals surface area contributed by atoms with Crippen molar-refractivity contribution in [1.82, 2.24) is 4.72 Å². The van der Waals surface area contributed by atoms with Gasteiger partial charge in [-0.15, -0.1) is 0 Å². The summed E-state index contributed by atoms with van der Waals surface area (Å²) in [5.74, 6) is -1.03. The van der Waals surface area contributed by atoms with Crippen LogP contribution in [0.15, 0.2) is 83.8 Å². The minimum atomic E-state index is -3.62. The first-order chi connectivity index (χ1) is 16.1. The first-order valence-corrected chi connectivity index (χ1v) is 12.4. The molecule has 0 spiro atoms. The smallest absolute Gasteiger partial charge is 0.311 e. The zero-order valence-corrected chi connectivity index (χ0v) is 20.1. The molecule has 3 aromatic rings. The van der Waals surface area contributed by atoms with Gasteiger partial charge in [-0.3, -0.25) is 9.59 Å². The van der Waals surface area contributed by atoms with E-state index in [0.29, 0.717) is 5.69 Å². The Morgan fingerprint density at radius 1 is 0.824 bits per heavy atom. The number of carbonyl (C=O) groups excluding carboxylic acids is 2. The van der Waals surface area contributed by atoms with Crippen molar-refractivity contribution >= 4 is 27.6 Å². The van der Waals surface area contributed by atoms with Gasteiger partial charge in [-0.25, -0.2) is 13.1 Å². The summed E-state index contributed by atoms with van der Waals surface area (Å²) < 4.78 is 32.1. The number of ether oxygens (including phenoxy) is 1. The van der Waals surface area contributed by atoms with E-state index in [1.807, 2.05) is 54.6 Å². The van der Waals surface area contributed by atoms with E-state index in [9.17, 15) is 18.0 Å². The second-order valence-corrected chi connectivity index (χ2v) is 9.88. The average molecular weight is 481 g/mol. The van der Waals surface area contributed by atoms with Crippen molar-refractivity contribution in [2.45, 2.75) is 44.2 Å². The number of anilines is 1. The Balaban J connectivity index is 1.52. The molecule has 0 aliphatic carbocycles. The van der Waals surface area contributed by atoms with E-state index >= 15 is 0 Å². The highest BCUT2D eigenvalue weighted by Crippen LogP contribution is 2.20. The van der Waals surface area contributed by atoms with Crippen molar-refractivity contribution in [3.63, 3.8) is 0 Å². The summed E-state index contributed by atoms with van der Waals surface area (Å²) >= 11 is 0. The van der Waals surface area contributed by atoms with Crippen LogP contribution in [0.3, 0.4) is 0 Å². The normalized spacial score (nSPS) is 12.2. The second kappa shape index (κ2) is 11.1. The quantitative estimate of drug-likeness (QED) is 0.448. The van der Waals surface area contributed by atoms with Crippen molar-refractivity contribution in [2.75, 3.05) is 5.32 Å². The molecule has 0 saturated heterocycles. The lowest BCUT2D eigenvalue weighted by Gasteiger charge is -2.14. The molecule has 0 aliphatic heterocycles. The number of amides is 1. The van der Waals surface area contributed by atoms with E-state index in [1.165, 1.54) is 31.2 Å². The molecule has 0 radical (unpaired) electrons. The molecule has 0 fully saturated rings. The Labute approximate surface area is 200 Å². The average Bonchev–Trinajstić information content (AvgIpc) is 2.79. The number of benzene rings is 3. The van der Waals surface area contributed by atoms with E-state index in [-0.39, 0.29) is 17.4 Å². The lowest BCUT2D eigenvalue weighted by atomic mass is 10.0. The molecule has 178 valence electrons. The maximum atomic E-state index is 12.4.